The Morgan fingerprint density at radius 2 is 1.92 bits per heavy atom. The molecule has 2 unspecified atom stereocenters. The molecule has 3 N–H and O–H groups in total. The number of carbonyl (C=O) groups excluding carboxylic acids is 1. The van der Waals surface area contributed by atoms with Crippen molar-refractivity contribution in [3.05, 3.63) is 71.3 Å². The molecule has 4 heteroatoms. The normalized spacial score (nSPS) is 20.4. The van der Waals surface area contributed by atoms with Crippen LogP contribution in [0, 0.1) is 12.8 Å². The molecule has 132 valence electrons. The van der Waals surface area contributed by atoms with Crippen LogP contribution in [0.25, 0.3) is 0 Å². The molecule has 3 rings (SSSR count). The smallest absolute Gasteiger partial charge is 0.226 e. The third kappa shape index (κ3) is 4.09. The summed E-state index contributed by atoms with van der Waals surface area (Å²) in [6.45, 7) is 7.69. The van der Waals surface area contributed by atoms with Gasteiger partial charge in [0.1, 0.15) is 0 Å². The SMILES string of the molecule is Cc1cccc(C(C)(C)CNC(=O)C2CNNC2c2ccccc2)c1. The van der Waals surface area contributed by atoms with Crippen LogP contribution in [0.5, 0.6) is 0 Å². The van der Waals surface area contributed by atoms with Crippen molar-refractivity contribution in [1.29, 1.82) is 0 Å². The highest BCUT2D eigenvalue weighted by Gasteiger charge is 2.34. The molecule has 0 aromatic heterocycles. The van der Waals surface area contributed by atoms with Gasteiger partial charge in [0, 0.05) is 18.5 Å². The molecule has 0 spiro atoms. The zero-order chi connectivity index (χ0) is 17.9. The summed E-state index contributed by atoms with van der Waals surface area (Å²) in [6, 6.07) is 18.6. The van der Waals surface area contributed by atoms with E-state index in [0.717, 1.165) is 5.56 Å². The van der Waals surface area contributed by atoms with Crippen molar-refractivity contribution in [3.8, 4) is 0 Å². The van der Waals surface area contributed by atoms with E-state index < -0.39 is 0 Å². The topological polar surface area (TPSA) is 53.2 Å². The fourth-order valence-electron chi connectivity index (χ4n) is 3.32. The van der Waals surface area contributed by atoms with Crippen LogP contribution in [-0.4, -0.2) is 19.0 Å². The molecule has 1 aliphatic rings. The van der Waals surface area contributed by atoms with E-state index in [9.17, 15) is 4.79 Å². The van der Waals surface area contributed by atoms with Gasteiger partial charge < -0.3 is 5.32 Å². The van der Waals surface area contributed by atoms with Gasteiger partial charge in [0.2, 0.25) is 5.91 Å². The molecule has 4 nitrogen and oxygen atoms in total. The van der Waals surface area contributed by atoms with Gasteiger partial charge in [-0.1, -0.05) is 74.0 Å². The molecule has 0 saturated carbocycles. The van der Waals surface area contributed by atoms with Crippen molar-refractivity contribution < 1.29 is 4.79 Å². The first-order valence-electron chi connectivity index (χ1n) is 8.85. The molecule has 0 bridgehead atoms. The molecule has 1 fully saturated rings. The number of hydrogen-bond donors (Lipinski definition) is 3. The average molecular weight is 337 g/mol. The highest BCUT2D eigenvalue weighted by molar-refractivity contribution is 5.80. The third-order valence-corrected chi connectivity index (χ3v) is 4.98. The Balaban J connectivity index is 1.65. The van der Waals surface area contributed by atoms with Gasteiger partial charge >= 0.3 is 0 Å². The van der Waals surface area contributed by atoms with E-state index in [1.54, 1.807) is 0 Å². The summed E-state index contributed by atoms with van der Waals surface area (Å²) < 4.78 is 0. The fraction of sp³-hybridized carbons (Fsp3) is 0.381. The van der Waals surface area contributed by atoms with Crippen LogP contribution in [0.1, 0.15) is 36.6 Å². The molecule has 1 saturated heterocycles. The van der Waals surface area contributed by atoms with Gasteiger partial charge in [-0.15, -0.1) is 0 Å². The van der Waals surface area contributed by atoms with Gasteiger partial charge in [0.15, 0.2) is 0 Å². The molecule has 1 heterocycles. The van der Waals surface area contributed by atoms with E-state index in [-0.39, 0.29) is 23.3 Å². The number of hydrazine groups is 1. The molecular formula is C21H27N3O. The molecular weight excluding hydrogens is 310 g/mol. The monoisotopic (exact) mass is 337 g/mol. The van der Waals surface area contributed by atoms with E-state index in [1.165, 1.54) is 11.1 Å². The minimum atomic E-state index is -0.115. The quantitative estimate of drug-likeness (QED) is 0.786. The summed E-state index contributed by atoms with van der Waals surface area (Å²) in [7, 11) is 0. The predicted octanol–water partition coefficient (Wildman–Crippen LogP) is 2.85. The van der Waals surface area contributed by atoms with Crippen LogP contribution in [0.2, 0.25) is 0 Å². The van der Waals surface area contributed by atoms with Gasteiger partial charge in [-0.25, -0.2) is 5.43 Å². The average Bonchev–Trinajstić information content (AvgIpc) is 3.10. The van der Waals surface area contributed by atoms with Gasteiger partial charge in [0.25, 0.3) is 0 Å². The zero-order valence-electron chi connectivity index (χ0n) is 15.2. The third-order valence-electron chi connectivity index (χ3n) is 4.98. The fourth-order valence-corrected chi connectivity index (χ4v) is 3.32. The second-order valence-electron chi connectivity index (χ2n) is 7.49. The first-order chi connectivity index (χ1) is 12.0. The van der Waals surface area contributed by atoms with E-state index in [0.29, 0.717) is 13.1 Å². The second kappa shape index (κ2) is 7.38. The first kappa shape index (κ1) is 17.6. The number of carbonyl (C=O) groups is 1. The summed E-state index contributed by atoms with van der Waals surface area (Å²) >= 11 is 0. The molecule has 25 heavy (non-hydrogen) atoms. The van der Waals surface area contributed by atoms with Crippen molar-refractivity contribution in [2.45, 2.75) is 32.2 Å². The van der Waals surface area contributed by atoms with Crippen molar-refractivity contribution in [2.75, 3.05) is 13.1 Å². The summed E-state index contributed by atoms with van der Waals surface area (Å²) in [5.41, 5.74) is 9.87. The maximum atomic E-state index is 12.8. The van der Waals surface area contributed by atoms with Crippen LogP contribution >= 0.6 is 0 Å². The minimum Gasteiger partial charge on any atom is -0.355 e. The molecule has 0 radical (unpaired) electrons. The molecule has 2 aromatic rings. The van der Waals surface area contributed by atoms with E-state index in [1.807, 2.05) is 18.2 Å². The number of benzene rings is 2. The Kier molecular flexibility index (Phi) is 5.21. The Bertz CT molecular complexity index is 727. The largest absolute Gasteiger partial charge is 0.355 e. The second-order valence-corrected chi connectivity index (χ2v) is 7.49. The molecule has 1 aliphatic heterocycles. The maximum absolute atomic E-state index is 12.8. The van der Waals surface area contributed by atoms with Crippen LogP contribution in [0.15, 0.2) is 54.6 Å². The predicted molar refractivity (Wildman–Crippen MR) is 101 cm³/mol. The van der Waals surface area contributed by atoms with Gasteiger partial charge in [-0.05, 0) is 18.1 Å². The lowest BCUT2D eigenvalue weighted by molar-refractivity contribution is -0.125. The lowest BCUT2D eigenvalue weighted by Gasteiger charge is -2.27. The van der Waals surface area contributed by atoms with Gasteiger partial charge in [0.05, 0.1) is 12.0 Å². The van der Waals surface area contributed by atoms with Crippen molar-refractivity contribution in [1.82, 2.24) is 16.2 Å². The lowest BCUT2D eigenvalue weighted by Crippen LogP contribution is -2.41. The van der Waals surface area contributed by atoms with Crippen LogP contribution < -0.4 is 16.2 Å². The standard InChI is InChI=1S/C21H27N3O/c1-15-8-7-11-17(12-15)21(2,3)14-22-20(25)18-13-23-24-19(18)16-9-5-4-6-10-16/h4-12,18-19,23-24H,13-14H2,1-3H3,(H,22,25). The zero-order valence-corrected chi connectivity index (χ0v) is 15.2. The van der Waals surface area contributed by atoms with Crippen LogP contribution in [-0.2, 0) is 10.2 Å². The van der Waals surface area contributed by atoms with Crippen molar-refractivity contribution in [3.63, 3.8) is 0 Å². The molecule has 2 atom stereocenters. The number of rotatable bonds is 5. The summed E-state index contributed by atoms with van der Waals surface area (Å²) in [5.74, 6) is -0.0252. The van der Waals surface area contributed by atoms with E-state index in [4.69, 9.17) is 0 Å². The Hall–Kier alpha value is -2.17. The molecule has 0 aliphatic carbocycles. The minimum absolute atomic E-state index is 0.00304. The summed E-state index contributed by atoms with van der Waals surface area (Å²) in [4.78, 5) is 12.8. The number of hydrogen-bond acceptors (Lipinski definition) is 3. The number of aryl methyl sites for hydroxylation is 1. The summed E-state index contributed by atoms with van der Waals surface area (Å²) in [6.07, 6.45) is 0. The van der Waals surface area contributed by atoms with Gasteiger partial charge in [-0.2, -0.15) is 0 Å². The van der Waals surface area contributed by atoms with Crippen molar-refractivity contribution >= 4 is 5.91 Å². The molecule has 2 aromatic carbocycles. The van der Waals surface area contributed by atoms with Crippen LogP contribution in [0.4, 0.5) is 0 Å². The number of nitrogens with one attached hydrogen (secondary N) is 3. The van der Waals surface area contributed by atoms with E-state index in [2.05, 4.69) is 73.3 Å². The summed E-state index contributed by atoms with van der Waals surface area (Å²) in [5, 5.41) is 3.16. The van der Waals surface area contributed by atoms with Gasteiger partial charge in [-0.3, -0.25) is 10.2 Å². The highest BCUT2D eigenvalue weighted by Crippen LogP contribution is 2.26. The maximum Gasteiger partial charge on any atom is 0.226 e. The Morgan fingerprint density at radius 1 is 1.16 bits per heavy atom. The Labute approximate surface area is 150 Å². The van der Waals surface area contributed by atoms with Crippen molar-refractivity contribution in [2.24, 2.45) is 5.92 Å². The number of amides is 1. The highest BCUT2D eigenvalue weighted by atomic mass is 16.2. The van der Waals surface area contributed by atoms with Crippen LogP contribution in [0.3, 0.4) is 0 Å². The molecule has 1 amide bonds. The van der Waals surface area contributed by atoms with E-state index >= 15 is 0 Å². The first-order valence-corrected chi connectivity index (χ1v) is 8.85. The lowest BCUT2D eigenvalue weighted by atomic mass is 9.83. The Morgan fingerprint density at radius 3 is 2.64 bits per heavy atom.